The first-order chi connectivity index (χ1) is 17.9. The number of nitrogens with one attached hydrogen (secondary N) is 3. The number of aromatic hydroxyl groups is 1. The molecule has 0 fully saturated rings. The van der Waals surface area contributed by atoms with Crippen molar-refractivity contribution in [2.75, 3.05) is 6.54 Å². The number of unbranched alkanes of at least 4 members (excludes halogenated alkanes) is 1. The summed E-state index contributed by atoms with van der Waals surface area (Å²) in [6.45, 7) is 7.92. The Morgan fingerprint density at radius 2 is 1.50 bits per heavy atom. The highest BCUT2D eigenvalue weighted by molar-refractivity contribution is 5.94. The van der Waals surface area contributed by atoms with E-state index in [1.807, 2.05) is 20.8 Å². The third-order valence-electron chi connectivity index (χ3n) is 6.43. The van der Waals surface area contributed by atoms with E-state index in [2.05, 4.69) is 16.0 Å². The molecular weight excluding hydrogens is 490 g/mol. The highest BCUT2D eigenvalue weighted by atomic mass is 16.4. The Kier molecular flexibility index (Phi) is 14.4. The second-order valence-electron chi connectivity index (χ2n) is 10.2. The molecule has 0 radical (unpaired) electrons. The first kappa shape index (κ1) is 32.8. The van der Waals surface area contributed by atoms with Crippen LogP contribution in [0.4, 0.5) is 0 Å². The third-order valence-corrected chi connectivity index (χ3v) is 6.43. The van der Waals surface area contributed by atoms with Crippen LogP contribution in [0.3, 0.4) is 0 Å². The molecule has 3 amide bonds. The molecule has 0 bridgehead atoms. The maximum atomic E-state index is 13.4. The molecular formula is C27H45N5O6. The molecule has 1 aromatic rings. The lowest BCUT2D eigenvalue weighted by atomic mass is 9.96. The number of rotatable bonds is 17. The SMILES string of the molecule is CCC(C)C(NC(=O)C(Cc1ccc(O)cc1)NC(=O)C(N)CC(C)C)C(=O)NC(CCCCN)C(=O)O. The lowest BCUT2D eigenvalue weighted by molar-refractivity contribution is -0.143. The first-order valence-corrected chi connectivity index (χ1v) is 13.3. The number of phenolic OH excluding ortho intramolecular Hbond substituents is 1. The number of carbonyl (C=O) groups excluding carboxylic acids is 3. The van der Waals surface area contributed by atoms with E-state index in [0.717, 1.165) is 0 Å². The average Bonchev–Trinajstić information content (AvgIpc) is 2.86. The predicted octanol–water partition coefficient (Wildman–Crippen LogP) is 1.02. The van der Waals surface area contributed by atoms with E-state index in [1.54, 1.807) is 19.1 Å². The summed E-state index contributed by atoms with van der Waals surface area (Å²) in [5.41, 5.74) is 12.2. The van der Waals surface area contributed by atoms with Crippen LogP contribution >= 0.6 is 0 Å². The minimum atomic E-state index is -1.17. The van der Waals surface area contributed by atoms with Crippen LogP contribution in [0, 0.1) is 11.8 Å². The van der Waals surface area contributed by atoms with Crippen LogP contribution in [0.5, 0.6) is 5.75 Å². The minimum Gasteiger partial charge on any atom is -0.508 e. The van der Waals surface area contributed by atoms with Crippen molar-refractivity contribution in [2.24, 2.45) is 23.3 Å². The molecule has 11 nitrogen and oxygen atoms in total. The zero-order valence-corrected chi connectivity index (χ0v) is 22.9. The van der Waals surface area contributed by atoms with E-state index >= 15 is 0 Å². The largest absolute Gasteiger partial charge is 0.508 e. The van der Waals surface area contributed by atoms with Gasteiger partial charge in [0.15, 0.2) is 0 Å². The Balaban J connectivity index is 3.13. The van der Waals surface area contributed by atoms with Crippen molar-refractivity contribution in [3.05, 3.63) is 29.8 Å². The predicted molar refractivity (Wildman–Crippen MR) is 145 cm³/mol. The Bertz CT molecular complexity index is 908. The van der Waals surface area contributed by atoms with E-state index in [9.17, 15) is 29.4 Å². The van der Waals surface area contributed by atoms with Crippen molar-refractivity contribution in [1.29, 1.82) is 0 Å². The molecule has 5 unspecified atom stereocenters. The van der Waals surface area contributed by atoms with Gasteiger partial charge in [0.1, 0.15) is 23.9 Å². The summed E-state index contributed by atoms with van der Waals surface area (Å²) in [6, 6.07) is 2.21. The zero-order valence-electron chi connectivity index (χ0n) is 22.9. The van der Waals surface area contributed by atoms with Gasteiger partial charge in [0.25, 0.3) is 0 Å². The van der Waals surface area contributed by atoms with E-state index in [4.69, 9.17) is 11.5 Å². The fourth-order valence-corrected chi connectivity index (χ4v) is 3.94. The van der Waals surface area contributed by atoms with Gasteiger partial charge in [-0.05, 0) is 61.8 Å². The van der Waals surface area contributed by atoms with Gasteiger partial charge in [-0.25, -0.2) is 4.79 Å². The van der Waals surface area contributed by atoms with Crippen LogP contribution in [0.2, 0.25) is 0 Å². The Labute approximate surface area is 225 Å². The van der Waals surface area contributed by atoms with Gasteiger partial charge in [-0.2, -0.15) is 0 Å². The van der Waals surface area contributed by atoms with Crippen LogP contribution in [0.1, 0.15) is 65.4 Å². The molecule has 0 heterocycles. The van der Waals surface area contributed by atoms with Crippen LogP contribution < -0.4 is 27.4 Å². The number of carboxylic acids is 1. The summed E-state index contributed by atoms with van der Waals surface area (Å²) in [4.78, 5) is 51.1. The number of benzene rings is 1. The molecule has 9 N–H and O–H groups in total. The molecule has 0 aromatic heterocycles. The molecule has 0 saturated carbocycles. The first-order valence-electron chi connectivity index (χ1n) is 13.3. The fourth-order valence-electron chi connectivity index (χ4n) is 3.94. The number of hydrogen-bond donors (Lipinski definition) is 7. The van der Waals surface area contributed by atoms with Gasteiger partial charge in [0.05, 0.1) is 6.04 Å². The lowest BCUT2D eigenvalue weighted by Crippen LogP contribution is -2.59. The van der Waals surface area contributed by atoms with Crippen molar-refractivity contribution < 1.29 is 29.4 Å². The van der Waals surface area contributed by atoms with Crippen molar-refractivity contribution >= 4 is 23.7 Å². The maximum absolute atomic E-state index is 13.4. The maximum Gasteiger partial charge on any atom is 0.326 e. The second kappa shape index (κ2) is 16.6. The summed E-state index contributed by atoms with van der Waals surface area (Å²) in [6.07, 6.45) is 2.44. The Morgan fingerprint density at radius 3 is 2.03 bits per heavy atom. The van der Waals surface area contributed by atoms with Crippen LogP contribution in [0.25, 0.3) is 0 Å². The van der Waals surface area contributed by atoms with E-state index in [1.165, 1.54) is 12.1 Å². The Morgan fingerprint density at radius 1 is 0.895 bits per heavy atom. The van der Waals surface area contributed by atoms with Crippen molar-refractivity contribution in [3.63, 3.8) is 0 Å². The number of amides is 3. The molecule has 1 rings (SSSR count). The molecule has 11 heteroatoms. The molecule has 0 aliphatic carbocycles. The molecule has 5 atom stereocenters. The van der Waals surface area contributed by atoms with Crippen molar-refractivity contribution in [1.82, 2.24) is 16.0 Å². The Hall–Kier alpha value is -3.18. The van der Waals surface area contributed by atoms with Gasteiger partial charge >= 0.3 is 5.97 Å². The summed E-state index contributed by atoms with van der Waals surface area (Å²) >= 11 is 0. The number of hydrogen-bond acceptors (Lipinski definition) is 7. The van der Waals surface area contributed by atoms with E-state index in [-0.39, 0.29) is 30.4 Å². The van der Waals surface area contributed by atoms with Gasteiger partial charge in [0, 0.05) is 6.42 Å². The molecule has 0 aliphatic rings. The fraction of sp³-hybridized carbons (Fsp3) is 0.630. The monoisotopic (exact) mass is 535 g/mol. The quantitative estimate of drug-likeness (QED) is 0.143. The van der Waals surface area contributed by atoms with E-state index in [0.29, 0.717) is 37.8 Å². The standard InChI is InChI=1S/C27H45N5O6/c1-5-17(4)23(26(36)30-21(27(37)38)8-6-7-13-28)32-25(35)22(15-18-9-11-19(33)12-10-18)31-24(34)20(29)14-16(2)3/h9-12,16-17,20-23,33H,5-8,13-15,28-29H2,1-4H3,(H,30,36)(H,31,34)(H,32,35)(H,37,38). The van der Waals surface area contributed by atoms with Gasteiger partial charge in [-0.3, -0.25) is 14.4 Å². The number of carboxylic acid groups (broad SMARTS) is 1. The summed E-state index contributed by atoms with van der Waals surface area (Å²) < 4.78 is 0. The molecule has 0 saturated heterocycles. The molecule has 1 aromatic carbocycles. The highest BCUT2D eigenvalue weighted by Crippen LogP contribution is 2.14. The van der Waals surface area contributed by atoms with Crippen LogP contribution in [-0.4, -0.2) is 64.6 Å². The number of carbonyl (C=O) groups is 4. The van der Waals surface area contributed by atoms with Gasteiger partial charge < -0.3 is 37.6 Å². The molecule has 38 heavy (non-hydrogen) atoms. The lowest BCUT2D eigenvalue weighted by Gasteiger charge is -2.28. The highest BCUT2D eigenvalue weighted by Gasteiger charge is 2.32. The summed E-state index contributed by atoms with van der Waals surface area (Å²) in [5.74, 6) is -2.95. The smallest absolute Gasteiger partial charge is 0.326 e. The minimum absolute atomic E-state index is 0.0608. The third kappa shape index (κ3) is 11.5. The van der Waals surface area contributed by atoms with Crippen molar-refractivity contribution in [2.45, 2.75) is 90.4 Å². The van der Waals surface area contributed by atoms with Gasteiger partial charge in [-0.15, -0.1) is 0 Å². The molecule has 214 valence electrons. The second-order valence-corrected chi connectivity index (χ2v) is 10.2. The van der Waals surface area contributed by atoms with Crippen LogP contribution in [0.15, 0.2) is 24.3 Å². The van der Waals surface area contributed by atoms with E-state index < -0.39 is 47.9 Å². The molecule has 0 aliphatic heterocycles. The van der Waals surface area contributed by atoms with Gasteiger partial charge in [0.2, 0.25) is 17.7 Å². The van der Waals surface area contributed by atoms with Crippen LogP contribution in [-0.2, 0) is 25.6 Å². The topological polar surface area (TPSA) is 197 Å². The summed E-state index contributed by atoms with van der Waals surface area (Å²) in [7, 11) is 0. The molecule has 0 spiro atoms. The average molecular weight is 536 g/mol. The number of aliphatic carboxylic acids is 1. The van der Waals surface area contributed by atoms with Gasteiger partial charge in [-0.1, -0.05) is 46.2 Å². The van der Waals surface area contributed by atoms with Crippen molar-refractivity contribution in [3.8, 4) is 5.75 Å². The summed E-state index contributed by atoms with van der Waals surface area (Å²) in [5, 5.41) is 27.1. The zero-order chi connectivity index (χ0) is 28.8. The normalized spacial score (nSPS) is 15.1. The number of nitrogens with two attached hydrogens (primary N) is 2. The number of phenols is 1.